The van der Waals surface area contributed by atoms with Crippen LogP contribution in [-0.4, -0.2) is 58.6 Å². The molecule has 9 nitrogen and oxygen atoms in total. The minimum atomic E-state index is -0.537. The first-order chi connectivity index (χ1) is 30.0. The zero-order valence-corrected chi connectivity index (χ0v) is 36.2. The lowest BCUT2D eigenvalue weighted by molar-refractivity contribution is -0.139. The molecule has 10 heteroatoms. The largest absolute Gasteiger partial charge is 0.363 e. The number of anilines is 3. The molecule has 4 amide bonds. The Bertz CT molecular complexity index is 2140. The van der Waals surface area contributed by atoms with Crippen LogP contribution in [0.5, 0.6) is 0 Å². The number of likely N-dealkylation sites (tertiary alicyclic amines) is 2. The number of benzene rings is 5. The molecule has 2 saturated heterocycles. The van der Waals surface area contributed by atoms with Crippen LogP contribution in [0.25, 0.3) is 0 Å². The molecule has 2 unspecified atom stereocenters. The van der Waals surface area contributed by atoms with E-state index in [1.54, 1.807) is 21.9 Å². The van der Waals surface area contributed by atoms with E-state index in [-0.39, 0.29) is 53.1 Å². The van der Waals surface area contributed by atoms with E-state index in [4.69, 9.17) is 0 Å². The molecule has 5 aromatic carbocycles. The Hall–Kier alpha value is -6.29. The van der Waals surface area contributed by atoms with Gasteiger partial charge in [-0.1, -0.05) is 113 Å². The highest BCUT2D eigenvalue weighted by molar-refractivity contribution is 5.99. The summed E-state index contributed by atoms with van der Waals surface area (Å²) in [5, 5.41) is 6.12. The van der Waals surface area contributed by atoms with E-state index in [1.807, 2.05) is 137 Å². The van der Waals surface area contributed by atoms with Crippen LogP contribution in [0.15, 0.2) is 133 Å². The van der Waals surface area contributed by atoms with Crippen LogP contribution < -0.4 is 15.5 Å². The van der Waals surface area contributed by atoms with Crippen molar-refractivity contribution in [3.8, 4) is 0 Å². The SMILES string of the molecule is CC(C)C(C(=O)N1CCC[C@H]1C(=O)Nc1ccc(CN(Cc2ccc(NC(=O)[C@@H]3CCCN3C(=O)C(c3ccccc3)C(C)C)cc2)c2ccc(F)cc2)cc1)c1ccccc1. The van der Waals surface area contributed by atoms with E-state index in [1.165, 1.54) is 12.1 Å². The first-order valence-electron chi connectivity index (χ1n) is 22.0. The fourth-order valence-electron chi connectivity index (χ4n) is 9.08. The van der Waals surface area contributed by atoms with Gasteiger partial charge in [-0.2, -0.15) is 0 Å². The Balaban J connectivity index is 0.983. The molecular formula is C52H58FN5O4. The molecule has 0 spiro atoms. The molecule has 0 aliphatic carbocycles. The second-order valence-electron chi connectivity index (χ2n) is 17.3. The molecule has 62 heavy (non-hydrogen) atoms. The monoisotopic (exact) mass is 835 g/mol. The van der Waals surface area contributed by atoms with Gasteiger partial charge in [-0.3, -0.25) is 19.2 Å². The number of amides is 4. The average Bonchev–Trinajstić information content (AvgIpc) is 3.98. The molecule has 0 saturated carbocycles. The smallest absolute Gasteiger partial charge is 0.247 e. The maximum atomic E-state index is 14.0. The quantitative estimate of drug-likeness (QED) is 0.109. The summed E-state index contributed by atoms with van der Waals surface area (Å²) in [5.41, 5.74) is 6.03. The second kappa shape index (κ2) is 20.1. The van der Waals surface area contributed by atoms with Crippen LogP contribution >= 0.6 is 0 Å². The van der Waals surface area contributed by atoms with Gasteiger partial charge < -0.3 is 25.3 Å². The Morgan fingerprint density at radius 2 is 0.952 bits per heavy atom. The van der Waals surface area contributed by atoms with Crippen molar-refractivity contribution >= 4 is 40.7 Å². The molecular weight excluding hydrogens is 778 g/mol. The van der Waals surface area contributed by atoms with Crippen molar-refractivity contribution in [1.29, 1.82) is 0 Å². The Kier molecular flexibility index (Phi) is 14.2. The van der Waals surface area contributed by atoms with Crippen LogP contribution in [0.4, 0.5) is 21.5 Å². The van der Waals surface area contributed by atoms with E-state index in [0.29, 0.717) is 50.4 Å². The highest BCUT2D eigenvalue weighted by Crippen LogP contribution is 2.33. The number of hydrogen-bond donors (Lipinski definition) is 2. The Morgan fingerprint density at radius 3 is 1.32 bits per heavy atom. The summed E-state index contributed by atoms with van der Waals surface area (Å²) in [5.74, 6) is -1.20. The third kappa shape index (κ3) is 10.4. The molecule has 4 atom stereocenters. The summed E-state index contributed by atoms with van der Waals surface area (Å²) >= 11 is 0. The first-order valence-corrected chi connectivity index (χ1v) is 22.0. The van der Waals surface area contributed by atoms with Gasteiger partial charge in [-0.25, -0.2) is 4.39 Å². The standard InChI is InChI=1S/C52H58FN5O4/c1-35(2)47(39-13-7-5-8-14-39)51(61)57-31-11-17-45(57)49(59)54-42-25-19-37(20-26-42)33-56(44-29-23-41(53)24-30-44)34-38-21-27-43(28-22-38)55-50(60)46-18-12-32-58(46)52(62)48(36(3)4)40-15-9-6-10-16-40/h5-10,13-16,19-30,35-36,45-48H,11-12,17-18,31-34H2,1-4H3,(H,54,59)(H,55,60)/t45-,46-,47?,48?/m0/s1. The minimum absolute atomic E-state index is 0.0115. The maximum Gasteiger partial charge on any atom is 0.247 e. The maximum absolute atomic E-state index is 14.0. The summed E-state index contributed by atoms with van der Waals surface area (Å²) in [7, 11) is 0. The van der Waals surface area contributed by atoms with Gasteiger partial charge in [0.1, 0.15) is 17.9 Å². The van der Waals surface area contributed by atoms with Crippen LogP contribution in [0.3, 0.4) is 0 Å². The van der Waals surface area contributed by atoms with E-state index >= 15 is 0 Å². The lowest BCUT2D eigenvalue weighted by atomic mass is 9.87. The minimum Gasteiger partial charge on any atom is -0.363 e. The average molecular weight is 836 g/mol. The van der Waals surface area contributed by atoms with Crippen molar-refractivity contribution in [1.82, 2.24) is 9.80 Å². The number of carbonyl (C=O) groups is 4. The number of nitrogens with one attached hydrogen (secondary N) is 2. The molecule has 5 aromatic rings. The lowest BCUT2D eigenvalue weighted by Crippen LogP contribution is -2.46. The number of carbonyl (C=O) groups excluding carboxylic acids is 4. The van der Waals surface area contributed by atoms with Crippen molar-refractivity contribution in [2.24, 2.45) is 11.8 Å². The third-order valence-corrected chi connectivity index (χ3v) is 12.2. The van der Waals surface area contributed by atoms with Crippen molar-refractivity contribution in [2.45, 2.75) is 90.4 Å². The Labute approximate surface area is 365 Å². The molecule has 2 heterocycles. The summed E-state index contributed by atoms with van der Waals surface area (Å²) in [6.45, 7) is 10.3. The summed E-state index contributed by atoms with van der Waals surface area (Å²) in [4.78, 5) is 60.7. The third-order valence-electron chi connectivity index (χ3n) is 12.2. The van der Waals surface area contributed by atoms with Crippen molar-refractivity contribution in [3.05, 3.63) is 162 Å². The summed E-state index contributed by atoms with van der Waals surface area (Å²) in [6, 6.07) is 40.3. The fourth-order valence-corrected chi connectivity index (χ4v) is 9.08. The van der Waals surface area contributed by atoms with Crippen molar-refractivity contribution in [2.75, 3.05) is 28.6 Å². The van der Waals surface area contributed by atoms with Gasteiger partial charge in [-0.05, 0) is 108 Å². The highest BCUT2D eigenvalue weighted by Gasteiger charge is 2.40. The fraction of sp³-hybridized carbons (Fsp3) is 0.346. The molecule has 2 fully saturated rings. The molecule has 2 aliphatic rings. The number of nitrogens with zero attached hydrogens (tertiary/aromatic N) is 3. The van der Waals surface area contributed by atoms with Crippen LogP contribution in [0, 0.1) is 17.7 Å². The molecule has 2 N–H and O–H groups in total. The van der Waals surface area contributed by atoms with E-state index in [0.717, 1.165) is 40.8 Å². The molecule has 0 bridgehead atoms. The Morgan fingerprint density at radius 1 is 0.565 bits per heavy atom. The van der Waals surface area contributed by atoms with Crippen molar-refractivity contribution in [3.63, 3.8) is 0 Å². The zero-order valence-electron chi connectivity index (χ0n) is 36.2. The van der Waals surface area contributed by atoms with Crippen LogP contribution in [-0.2, 0) is 32.3 Å². The van der Waals surface area contributed by atoms with Gasteiger partial charge in [0.25, 0.3) is 0 Å². The topological polar surface area (TPSA) is 102 Å². The van der Waals surface area contributed by atoms with Gasteiger partial charge in [0.2, 0.25) is 23.6 Å². The van der Waals surface area contributed by atoms with Crippen LogP contribution in [0.2, 0.25) is 0 Å². The number of rotatable bonds is 15. The molecule has 322 valence electrons. The second-order valence-corrected chi connectivity index (χ2v) is 17.3. The van der Waals surface area contributed by atoms with Crippen molar-refractivity contribution < 1.29 is 23.6 Å². The zero-order chi connectivity index (χ0) is 43.8. The number of halogens is 1. The lowest BCUT2D eigenvalue weighted by Gasteiger charge is -2.30. The normalized spacial score (nSPS) is 17.2. The van der Waals surface area contributed by atoms with Gasteiger partial charge in [0.05, 0.1) is 11.8 Å². The van der Waals surface area contributed by atoms with Gasteiger partial charge in [0, 0.05) is 43.2 Å². The summed E-state index contributed by atoms with van der Waals surface area (Å²) in [6.07, 6.45) is 2.77. The van der Waals surface area contributed by atoms with Gasteiger partial charge >= 0.3 is 0 Å². The molecule has 2 aliphatic heterocycles. The first kappa shape index (κ1) is 43.8. The highest BCUT2D eigenvalue weighted by atomic mass is 19.1. The predicted molar refractivity (Wildman–Crippen MR) is 244 cm³/mol. The van der Waals surface area contributed by atoms with E-state index in [2.05, 4.69) is 15.5 Å². The predicted octanol–water partition coefficient (Wildman–Crippen LogP) is 9.77. The number of hydrogen-bond acceptors (Lipinski definition) is 5. The van der Waals surface area contributed by atoms with Gasteiger partial charge in [0.15, 0.2) is 0 Å². The van der Waals surface area contributed by atoms with E-state index < -0.39 is 12.1 Å². The van der Waals surface area contributed by atoms with E-state index in [9.17, 15) is 23.6 Å². The summed E-state index contributed by atoms with van der Waals surface area (Å²) < 4.78 is 14.0. The molecule has 0 aromatic heterocycles. The van der Waals surface area contributed by atoms with Gasteiger partial charge in [-0.15, -0.1) is 0 Å². The molecule has 0 radical (unpaired) electrons. The van der Waals surface area contributed by atoms with Crippen LogP contribution in [0.1, 0.15) is 87.5 Å². The molecule has 7 rings (SSSR count).